The Morgan fingerprint density at radius 1 is 0.357 bits per heavy atom. The van der Waals surface area contributed by atoms with Crippen molar-refractivity contribution in [2.45, 2.75) is 12.8 Å². The van der Waals surface area contributed by atoms with Crippen molar-refractivity contribution in [3.63, 3.8) is 0 Å². The van der Waals surface area contributed by atoms with Crippen molar-refractivity contribution in [1.29, 1.82) is 0 Å². The SMILES string of the molecule is C1=CCCC(c2cc(-c3ccc4c(c3)sc3ccccc34)cc(-c3nc(-c4ccc(-c5ccccc5)cc4)nc(-c4ccc5c(c4)sc4ccccc45)n3)c2)=C1. The second-order valence-corrected chi connectivity index (χ2v) is 16.5. The highest BCUT2D eigenvalue weighted by molar-refractivity contribution is 7.26. The zero-order chi connectivity index (χ0) is 37.0. The first kappa shape index (κ1) is 32.9. The second kappa shape index (κ2) is 13.6. The number of benzene rings is 7. The lowest BCUT2D eigenvalue weighted by Crippen LogP contribution is -2.01. The fraction of sp³-hybridized carbons (Fsp3) is 0.0392. The van der Waals surface area contributed by atoms with Crippen LogP contribution in [0.1, 0.15) is 18.4 Å². The molecule has 0 spiro atoms. The van der Waals surface area contributed by atoms with E-state index < -0.39 is 0 Å². The monoisotopic (exact) mass is 751 g/mol. The van der Waals surface area contributed by atoms with Crippen LogP contribution in [0.3, 0.4) is 0 Å². The van der Waals surface area contributed by atoms with Crippen LogP contribution in [-0.2, 0) is 0 Å². The highest BCUT2D eigenvalue weighted by Crippen LogP contribution is 2.40. The van der Waals surface area contributed by atoms with Crippen LogP contribution in [0.15, 0.2) is 176 Å². The molecule has 0 saturated carbocycles. The molecule has 0 unspecified atom stereocenters. The summed E-state index contributed by atoms with van der Waals surface area (Å²) >= 11 is 3.66. The zero-order valence-corrected chi connectivity index (χ0v) is 31.9. The Kier molecular flexibility index (Phi) is 8.01. The molecular formula is C51H33N3S2. The van der Waals surface area contributed by atoms with E-state index in [0.717, 1.165) is 40.7 Å². The van der Waals surface area contributed by atoms with Crippen LogP contribution in [0.4, 0.5) is 0 Å². The largest absolute Gasteiger partial charge is 0.208 e. The van der Waals surface area contributed by atoms with E-state index in [2.05, 4.69) is 170 Å². The van der Waals surface area contributed by atoms with E-state index in [4.69, 9.17) is 15.0 Å². The molecule has 0 fully saturated rings. The summed E-state index contributed by atoms with van der Waals surface area (Å²) in [4.78, 5) is 15.7. The van der Waals surface area contributed by atoms with Gasteiger partial charge in [-0.15, -0.1) is 22.7 Å². The van der Waals surface area contributed by atoms with Gasteiger partial charge in [-0.05, 0) is 88.7 Å². The Bertz CT molecular complexity index is 3190. The van der Waals surface area contributed by atoms with Crippen molar-refractivity contribution in [1.82, 2.24) is 15.0 Å². The number of aromatic nitrogens is 3. The third-order valence-corrected chi connectivity index (χ3v) is 13.1. The molecular weight excluding hydrogens is 719 g/mol. The van der Waals surface area contributed by atoms with Crippen molar-refractivity contribution in [2.24, 2.45) is 0 Å². The number of hydrogen-bond donors (Lipinski definition) is 0. The molecule has 56 heavy (non-hydrogen) atoms. The van der Waals surface area contributed by atoms with Gasteiger partial charge in [-0.2, -0.15) is 0 Å². The molecule has 0 bridgehead atoms. The number of hydrogen-bond acceptors (Lipinski definition) is 5. The Morgan fingerprint density at radius 3 is 1.54 bits per heavy atom. The molecule has 0 amide bonds. The zero-order valence-electron chi connectivity index (χ0n) is 30.3. The first-order valence-electron chi connectivity index (χ1n) is 19.0. The minimum atomic E-state index is 0.652. The summed E-state index contributed by atoms with van der Waals surface area (Å²) < 4.78 is 5.10. The van der Waals surface area contributed by atoms with Gasteiger partial charge in [0, 0.05) is 57.0 Å². The molecule has 0 aliphatic heterocycles. The van der Waals surface area contributed by atoms with Gasteiger partial charge in [-0.25, -0.2) is 15.0 Å². The summed E-state index contributed by atoms with van der Waals surface area (Å²) in [5.74, 6) is 1.97. The van der Waals surface area contributed by atoms with E-state index in [1.807, 2.05) is 28.7 Å². The molecule has 0 saturated heterocycles. The van der Waals surface area contributed by atoms with E-state index >= 15 is 0 Å². The second-order valence-electron chi connectivity index (χ2n) is 14.3. The number of allylic oxidation sites excluding steroid dienone is 4. The molecule has 5 heteroatoms. The average molecular weight is 752 g/mol. The Morgan fingerprint density at radius 2 is 0.857 bits per heavy atom. The van der Waals surface area contributed by atoms with Crippen molar-refractivity contribution in [2.75, 3.05) is 0 Å². The molecule has 3 aromatic heterocycles. The van der Waals surface area contributed by atoms with E-state index in [1.54, 1.807) is 0 Å². The lowest BCUT2D eigenvalue weighted by Gasteiger charge is -2.15. The van der Waals surface area contributed by atoms with Gasteiger partial charge >= 0.3 is 0 Å². The minimum absolute atomic E-state index is 0.652. The highest BCUT2D eigenvalue weighted by Gasteiger charge is 2.18. The molecule has 10 aromatic rings. The van der Waals surface area contributed by atoms with Crippen molar-refractivity contribution >= 4 is 68.6 Å². The predicted octanol–water partition coefficient (Wildman–Crippen LogP) is 14.7. The Labute approximate surface area is 332 Å². The summed E-state index contributed by atoms with van der Waals surface area (Å²) in [7, 11) is 0. The van der Waals surface area contributed by atoms with Crippen LogP contribution in [0.5, 0.6) is 0 Å². The van der Waals surface area contributed by atoms with E-state index in [-0.39, 0.29) is 0 Å². The third kappa shape index (κ3) is 5.93. The van der Waals surface area contributed by atoms with E-state index in [9.17, 15) is 0 Å². The van der Waals surface area contributed by atoms with E-state index in [0.29, 0.717) is 17.5 Å². The lowest BCUT2D eigenvalue weighted by molar-refractivity contribution is 1.05. The van der Waals surface area contributed by atoms with Crippen LogP contribution >= 0.6 is 22.7 Å². The average Bonchev–Trinajstić information content (AvgIpc) is 3.84. The normalized spacial score (nSPS) is 12.9. The van der Waals surface area contributed by atoms with Crippen LogP contribution < -0.4 is 0 Å². The molecule has 0 atom stereocenters. The number of nitrogens with zero attached hydrogens (tertiary/aromatic N) is 3. The quantitative estimate of drug-likeness (QED) is 0.170. The molecule has 0 radical (unpaired) electrons. The topological polar surface area (TPSA) is 38.7 Å². The molecule has 0 N–H and O–H groups in total. The smallest absolute Gasteiger partial charge is 0.164 e. The van der Waals surface area contributed by atoms with Crippen LogP contribution in [-0.4, -0.2) is 15.0 Å². The standard InChI is InChI=1S/C51H33N3S2/c1-3-11-32(12-4-1)34-19-21-35(22-20-34)49-52-50(37-24-26-44-42-16-8-10-18-46(42)56-48(44)31-37)54-51(53-49)40-28-38(33-13-5-2-6-14-33)27-39(29-40)36-23-25-43-41-15-7-9-17-45(41)55-47(43)30-36/h1-5,7-13,15-31H,6,14H2. The third-order valence-electron chi connectivity index (χ3n) is 10.8. The maximum Gasteiger partial charge on any atom is 0.164 e. The molecule has 3 nitrogen and oxygen atoms in total. The summed E-state index contributed by atoms with van der Waals surface area (Å²) in [6.07, 6.45) is 8.69. The van der Waals surface area contributed by atoms with Crippen LogP contribution in [0, 0.1) is 0 Å². The molecule has 264 valence electrons. The molecule has 7 aromatic carbocycles. The fourth-order valence-electron chi connectivity index (χ4n) is 7.93. The first-order valence-corrected chi connectivity index (χ1v) is 20.6. The minimum Gasteiger partial charge on any atom is -0.208 e. The number of fused-ring (bicyclic) bond motifs is 6. The maximum atomic E-state index is 5.28. The number of rotatable bonds is 6. The summed E-state index contributed by atoms with van der Waals surface area (Å²) in [6, 6.07) is 56.7. The van der Waals surface area contributed by atoms with Crippen molar-refractivity contribution in [3.05, 3.63) is 182 Å². The molecule has 1 aliphatic rings. The summed E-state index contributed by atoms with van der Waals surface area (Å²) in [5, 5.41) is 5.14. The van der Waals surface area contributed by atoms with Crippen LogP contribution in [0.25, 0.3) is 102 Å². The molecule has 1 aliphatic carbocycles. The fourth-order valence-corrected chi connectivity index (χ4v) is 10.2. The summed E-state index contributed by atoms with van der Waals surface area (Å²) in [5.41, 5.74) is 10.1. The Balaban J connectivity index is 1.09. The van der Waals surface area contributed by atoms with Gasteiger partial charge < -0.3 is 0 Å². The molecule has 3 heterocycles. The van der Waals surface area contributed by atoms with Gasteiger partial charge in [-0.3, -0.25) is 0 Å². The van der Waals surface area contributed by atoms with Gasteiger partial charge in [0.2, 0.25) is 0 Å². The van der Waals surface area contributed by atoms with Gasteiger partial charge in [-0.1, -0.05) is 133 Å². The lowest BCUT2D eigenvalue weighted by atomic mass is 9.92. The molecule has 11 rings (SSSR count). The van der Waals surface area contributed by atoms with Gasteiger partial charge in [0.25, 0.3) is 0 Å². The van der Waals surface area contributed by atoms with Gasteiger partial charge in [0.15, 0.2) is 17.5 Å². The maximum absolute atomic E-state index is 5.28. The summed E-state index contributed by atoms with van der Waals surface area (Å²) in [6.45, 7) is 0. The first-order chi connectivity index (χ1) is 27.7. The van der Waals surface area contributed by atoms with Crippen molar-refractivity contribution < 1.29 is 0 Å². The number of thiophene rings is 2. The van der Waals surface area contributed by atoms with Crippen molar-refractivity contribution in [3.8, 4) is 56.4 Å². The van der Waals surface area contributed by atoms with Crippen LogP contribution in [0.2, 0.25) is 0 Å². The highest BCUT2D eigenvalue weighted by atomic mass is 32.1. The van der Waals surface area contributed by atoms with E-state index in [1.165, 1.54) is 62.6 Å². The van der Waals surface area contributed by atoms with Gasteiger partial charge in [0.05, 0.1) is 0 Å². The predicted molar refractivity (Wildman–Crippen MR) is 239 cm³/mol. The Hall–Kier alpha value is -6.53. The van der Waals surface area contributed by atoms with Gasteiger partial charge in [0.1, 0.15) is 0 Å².